The summed E-state index contributed by atoms with van der Waals surface area (Å²) < 4.78 is 0. The molecule has 0 spiro atoms. The van der Waals surface area contributed by atoms with Gasteiger partial charge in [0.15, 0.2) is 0 Å². The zero-order valence-electron chi connectivity index (χ0n) is 25.6. The highest BCUT2D eigenvalue weighted by Gasteiger charge is 2.38. The van der Waals surface area contributed by atoms with Crippen LogP contribution in [0.25, 0.3) is 22.4 Å². The van der Waals surface area contributed by atoms with Gasteiger partial charge in [0.25, 0.3) is 0 Å². The molecule has 1 aliphatic heterocycles. The first-order chi connectivity index (χ1) is 21.0. The summed E-state index contributed by atoms with van der Waals surface area (Å²) in [6.07, 6.45) is 4.84. The average molecular weight is 573 g/mol. The number of para-hydroxylation sites is 1. The minimum absolute atomic E-state index is 0.255. The molecule has 2 unspecified atom stereocenters. The Morgan fingerprint density at radius 3 is 2.28 bits per heavy atom. The molecular weight excluding hydrogens is 535 g/mol. The summed E-state index contributed by atoms with van der Waals surface area (Å²) in [7, 11) is -0.606. The van der Waals surface area contributed by atoms with Crippen LogP contribution in [-0.2, 0) is 6.42 Å². The summed E-state index contributed by atoms with van der Waals surface area (Å²) in [5.74, 6) is 0.255. The van der Waals surface area contributed by atoms with Crippen LogP contribution in [0.4, 0.5) is 11.4 Å². The van der Waals surface area contributed by atoms with Gasteiger partial charge in [0, 0.05) is 29.4 Å². The third kappa shape index (κ3) is 4.03. The maximum atomic E-state index is 2.57. The van der Waals surface area contributed by atoms with Crippen molar-refractivity contribution in [1.29, 1.82) is 0 Å². The lowest BCUT2D eigenvalue weighted by Gasteiger charge is -2.33. The van der Waals surface area contributed by atoms with E-state index in [1.165, 1.54) is 73.1 Å². The van der Waals surface area contributed by atoms with Crippen molar-refractivity contribution in [2.24, 2.45) is 0 Å². The van der Waals surface area contributed by atoms with Gasteiger partial charge in [-0.25, -0.2) is 0 Å². The van der Waals surface area contributed by atoms with Crippen LogP contribution in [0.1, 0.15) is 70.7 Å². The molecule has 0 amide bonds. The summed E-state index contributed by atoms with van der Waals surface area (Å²) >= 11 is 0. The molecule has 2 aliphatic carbocycles. The van der Waals surface area contributed by atoms with Crippen LogP contribution < -0.4 is 4.90 Å². The Bertz CT molecular complexity index is 1970. The van der Waals surface area contributed by atoms with Crippen LogP contribution in [0.5, 0.6) is 0 Å². The second-order valence-electron chi connectivity index (χ2n) is 12.9. The van der Waals surface area contributed by atoms with Gasteiger partial charge < -0.3 is 4.90 Å². The number of rotatable bonds is 4. The quantitative estimate of drug-likeness (QED) is 0.194. The highest BCUT2D eigenvalue weighted by molar-refractivity contribution is 6.59. The summed E-state index contributed by atoms with van der Waals surface area (Å²) in [5, 5.41) is 2.67. The number of anilines is 2. The molecule has 2 atom stereocenters. The molecule has 1 nitrogen and oxygen atoms in total. The lowest BCUT2D eigenvalue weighted by molar-refractivity contribution is 0.766. The number of hydrogen-bond donors (Lipinski definition) is 0. The molecule has 2 heteroatoms. The van der Waals surface area contributed by atoms with Gasteiger partial charge in [0.05, 0.1) is 8.80 Å². The third-order valence-corrected chi connectivity index (χ3v) is 12.0. The first kappa shape index (κ1) is 26.5. The number of nitrogens with zero attached hydrogens (tertiary/aromatic N) is 1. The van der Waals surface area contributed by atoms with Crippen molar-refractivity contribution in [2.75, 3.05) is 11.4 Å². The van der Waals surface area contributed by atoms with E-state index in [9.17, 15) is 0 Å². The number of fused-ring (bicyclic) bond motifs is 4. The van der Waals surface area contributed by atoms with Crippen molar-refractivity contribution in [1.82, 2.24) is 0 Å². The van der Waals surface area contributed by atoms with Gasteiger partial charge in [-0.1, -0.05) is 121 Å². The van der Waals surface area contributed by atoms with E-state index < -0.39 is 8.80 Å². The summed E-state index contributed by atoms with van der Waals surface area (Å²) in [6, 6.07) is 39.0. The molecule has 8 rings (SSSR count). The molecule has 0 saturated heterocycles. The Morgan fingerprint density at radius 2 is 1.40 bits per heavy atom. The molecule has 3 aliphatic rings. The van der Waals surface area contributed by atoms with Gasteiger partial charge in [0.1, 0.15) is 0 Å². The molecule has 0 bridgehead atoms. The summed E-state index contributed by atoms with van der Waals surface area (Å²) in [5.41, 5.74) is 17.9. The normalized spacial score (nSPS) is 19.1. The van der Waals surface area contributed by atoms with E-state index >= 15 is 0 Å². The Kier molecular flexibility index (Phi) is 6.31. The van der Waals surface area contributed by atoms with Gasteiger partial charge in [0.2, 0.25) is 0 Å². The lowest BCUT2D eigenvalue weighted by Crippen LogP contribution is -2.25. The predicted octanol–water partition coefficient (Wildman–Crippen LogP) is 10.7. The van der Waals surface area contributed by atoms with Crippen molar-refractivity contribution in [3.63, 3.8) is 0 Å². The molecule has 0 fully saturated rings. The molecule has 43 heavy (non-hydrogen) atoms. The fourth-order valence-corrected chi connectivity index (χ4v) is 10.3. The highest BCUT2D eigenvalue weighted by atomic mass is 28.3. The van der Waals surface area contributed by atoms with E-state index in [0.717, 1.165) is 13.0 Å². The van der Waals surface area contributed by atoms with Crippen LogP contribution in [-0.4, -0.2) is 15.3 Å². The number of aryl methyl sites for hydroxylation is 1. The fraction of sp³-hybridized carbons (Fsp3) is 0.220. The molecule has 5 aromatic rings. The van der Waals surface area contributed by atoms with Crippen LogP contribution in [0.3, 0.4) is 0 Å². The molecule has 211 valence electrons. The maximum absolute atomic E-state index is 2.57. The molecule has 1 radical (unpaired) electrons. The second kappa shape index (κ2) is 10.2. The monoisotopic (exact) mass is 572 g/mol. The van der Waals surface area contributed by atoms with Gasteiger partial charge in [-0.15, -0.1) is 0 Å². The molecular formula is C41H38NSi. The van der Waals surface area contributed by atoms with E-state index in [-0.39, 0.29) is 5.92 Å². The van der Waals surface area contributed by atoms with Crippen LogP contribution >= 0.6 is 0 Å². The van der Waals surface area contributed by atoms with Gasteiger partial charge in [-0.2, -0.15) is 0 Å². The SMILES string of the molecule is CC1=Cc2c(cccc2N2CCCc3ccccc32)C1c1cccc2c1C(c1cccc3ccccc13)=C(C)C2[Si](C)C. The van der Waals surface area contributed by atoms with Gasteiger partial charge >= 0.3 is 0 Å². The van der Waals surface area contributed by atoms with Crippen molar-refractivity contribution >= 4 is 42.6 Å². The zero-order valence-corrected chi connectivity index (χ0v) is 26.6. The smallest absolute Gasteiger partial charge is 0.0552 e. The Hall–Kier alpha value is -4.14. The molecule has 1 heterocycles. The van der Waals surface area contributed by atoms with E-state index in [1.54, 1.807) is 11.1 Å². The highest BCUT2D eigenvalue weighted by Crippen LogP contribution is 2.54. The average Bonchev–Trinajstić information content (AvgIpc) is 3.53. The van der Waals surface area contributed by atoms with Crippen molar-refractivity contribution in [3.8, 4) is 0 Å². The second-order valence-corrected chi connectivity index (χ2v) is 15.6. The summed E-state index contributed by atoms with van der Waals surface area (Å²) in [4.78, 5) is 2.57. The minimum Gasteiger partial charge on any atom is -0.341 e. The van der Waals surface area contributed by atoms with Crippen molar-refractivity contribution in [3.05, 3.63) is 153 Å². The molecule has 0 N–H and O–H groups in total. The van der Waals surface area contributed by atoms with Crippen molar-refractivity contribution < 1.29 is 0 Å². The Morgan fingerprint density at radius 1 is 0.698 bits per heavy atom. The standard InChI is InChI=1S/C41H38NSi/c1-26-25-35-32(19-11-23-37(35)42-24-12-16-29-14-6-8-22-36(29)42)38(26)33-20-10-21-34-40(33)39(27(2)41(34)43(3)4)31-18-9-15-28-13-5-7-17-30(28)31/h5-11,13-15,17-23,25,38,41H,12,16,24H2,1-4H3. The topological polar surface area (TPSA) is 3.24 Å². The van der Waals surface area contributed by atoms with Crippen LogP contribution in [0, 0.1) is 0 Å². The van der Waals surface area contributed by atoms with Gasteiger partial charge in [-0.05, 0) is 94.1 Å². The molecule has 0 saturated carbocycles. The van der Waals surface area contributed by atoms with Crippen LogP contribution in [0.2, 0.25) is 13.1 Å². The fourth-order valence-electron chi connectivity index (χ4n) is 8.44. The van der Waals surface area contributed by atoms with Gasteiger partial charge in [-0.3, -0.25) is 0 Å². The number of benzene rings is 5. The maximum Gasteiger partial charge on any atom is 0.0552 e. The zero-order chi connectivity index (χ0) is 29.2. The Balaban J connectivity index is 1.33. The van der Waals surface area contributed by atoms with E-state index in [2.05, 4.69) is 141 Å². The summed E-state index contributed by atoms with van der Waals surface area (Å²) in [6.45, 7) is 10.8. The number of hydrogen-bond acceptors (Lipinski definition) is 1. The minimum atomic E-state index is -0.606. The van der Waals surface area contributed by atoms with Crippen molar-refractivity contribution in [2.45, 2.75) is 51.2 Å². The van der Waals surface area contributed by atoms with E-state index in [4.69, 9.17) is 0 Å². The largest absolute Gasteiger partial charge is 0.341 e. The van der Waals surface area contributed by atoms with E-state index in [1.807, 2.05) is 0 Å². The predicted molar refractivity (Wildman–Crippen MR) is 186 cm³/mol. The number of allylic oxidation sites excluding steroid dienone is 2. The first-order valence-corrected chi connectivity index (χ1v) is 18.4. The van der Waals surface area contributed by atoms with E-state index in [0.29, 0.717) is 5.54 Å². The Labute approximate surface area is 257 Å². The first-order valence-electron chi connectivity index (χ1n) is 15.8. The third-order valence-electron chi connectivity index (χ3n) is 10.1. The van der Waals surface area contributed by atoms with Crippen LogP contribution in [0.15, 0.2) is 114 Å². The lowest BCUT2D eigenvalue weighted by atomic mass is 9.81. The molecule has 0 aromatic heterocycles. The molecule has 5 aromatic carbocycles.